The summed E-state index contributed by atoms with van der Waals surface area (Å²) in [5.41, 5.74) is 1.72. The second kappa shape index (κ2) is 4.35. The number of benzene rings is 1. The molecule has 0 bridgehead atoms. The smallest absolute Gasteiger partial charge is 0.255 e. The summed E-state index contributed by atoms with van der Waals surface area (Å²) in [5, 5.41) is 0. The Hall–Kier alpha value is -1.83. The Bertz CT molecular complexity index is 644. The third-order valence-electron chi connectivity index (χ3n) is 2.51. The number of aromatic nitrogens is 1. The Kier molecular flexibility index (Phi) is 2.03. The standard InChI is InChI=1S/C14H15NO/c1-3-12-5-4-6-13(9-12)15-10-11(2)7-8-14(15)16/h4-10H,3H2,1-2H3/i2D3. The highest BCUT2D eigenvalue weighted by atomic mass is 16.1. The Morgan fingerprint density at radius 1 is 1.31 bits per heavy atom. The van der Waals surface area contributed by atoms with Crippen LogP contribution in [0.5, 0.6) is 0 Å². The van der Waals surface area contributed by atoms with Gasteiger partial charge in [0.15, 0.2) is 0 Å². The summed E-state index contributed by atoms with van der Waals surface area (Å²) in [4.78, 5) is 11.9. The fraction of sp³-hybridized carbons (Fsp3) is 0.214. The van der Waals surface area contributed by atoms with Crippen LogP contribution in [0.4, 0.5) is 0 Å². The Balaban J connectivity index is 2.58. The lowest BCUT2D eigenvalue weighted by atomic mass is 10.1. The van der Waals surface area contributed by atoms with E-state index in [1.165, 1.54) is 22.9 Å². The van der Waals surface area contributed by atoms with E-state index in [0.717, 1.165) is 12.0 Å². The first-order valence-corrected chi connectivity index (χ1v) is 5.24. The first kappa shape index (κ1) is 7.44. The molecule has 82 valence electrons. The molecule has 0 fully saturated rings. The Morgan fingerprint density at radius 2 is 2.19 bits per heavy atom. The zero-order chi connectivity index (χ0) is 14.0. The topological polar surface area (TPSA) is 22.0 Å². The summed E-state index contributed by atoms with van der Waals surface area (Å²) in [6, 6.07) is 10.2. The third kappa shape index (κ3) is 2.06. The molecule has 0 aliphatic rings. The van der Waals surface area contributed by atoms with E-state index in [0.29, 0.717) is 5.69 Å². The number of aryl methyl sites for hydroxylation is 2. The van der Waals surface area contributed by atoms with Crippen LogP contribution in [-0.2, 0) is 6.42 Å². The van der Waals surface area contributed by atoms with Crippen LogP contribution in [0.2, 0.25) is 0 Å². The van der Waals surface area contributed by atoms with Gasteiger partial charge in [-0.3, -0.25) is 9.36 Å². The highest BCUT2D eigenvalue weighted by molar-refractivity contribution is 5.36. The second-order valence-electron chi connectivity index (χ2n) is 3.65. The van der Waals surface area contributed by atoms with Gasteiger partial charge < -0.3 is 0 Å². The molecule has 2 aromatic rings. The predicted molar refractivity (Wildman–Crippen MR) is 66.2 cm³/mol. The molecule has 0 spiro atoms. The number of rotatable bonds is 2. The van der Waals surface area contributed by atoms with E-state index in [1.54, 1.807) is 6.07 Å². The largest absolute Gasteiger partial charge is 0.284 e. The summed E-state index contributed by atoms with van der Waals surface area (Å²) in [5.74, 6) is 0. The molecule has 2 heteroatoms. The molecule has 1 heterocycles. The number of hydrogen-bond acceptors (Lipinski definition) is 1. The minimum absolute atomic E-state index is 0.161. The van der Waals surface area contributed by atoms with Gasteiger partial charge in [-0.1, -0.05) is 25.1 Å². The summed E-state index contributed by atoms with van der Waals surface area (Å²) >= 11 is 0. The zero-order valence-electron chi connectivity index (χ0n) is 12.1. The highest BCUT2D eigenvalue weighted by Gasteiger charge is 2.00. The van der Waals surface area contributed by atoms with Gasteiger partial charge in [-0.2, -0.15) is 0 Å². The molecule has 0 saturated carbocycles. The molecular weight excluding hydrogens is 198 g/mol. The molecule has 0 saturated heterocycles. The van der Waals surface area contributed by atoms with Crippen molar-refractivity contribution in [3.05, 3.63) is 64.1 Å². The first-order valence-electron chi connectivity index (χ1n) is 6.74. The molecule has 16 heavy (non-hydrogen) atoms. The van der Waals surface area contributed by atoms with Crippen molar-refractivity contribution < 1.29 is 4.11 Å². The Labute approximate surface area is 99.4 Å². The fourth-order valence-electron chi connectivity index (χ4n) is 1.62. The van der Waals surface area contributed by atoms with Gasteiger partial charge in [0.05, 0.1) is 0 Å². The van der Waals surface area contributed by atoms with E-state index in [-0.39, 0.29) is 11.1 Å². The summed E-state index contributed by atoms with van der Waals surface area (Å²) in [6.45, 7) is -0.182. The van der Waals surface area contributed by atoms with Gasteiger partial charge in [-0.05, 0) is 36.5 Å². The van der Waals surface area contributed by atoms with Gasteiger partial charge in [-0.15, -0.1) is 0 Å². The minimum Gasteiger partial charge on any atom is -0.284 e. The quantitative estimate of drug-likeness (QED) is 0.756. The van der Waals surface area contributed by atoms with Crippen molar-refractivity contribution in [1.29, 1.82) is 0 Å². The molecule has 0 N–H and O–H groups in total. The average molecular weight is 216 g/mol. The van der Waals surface area contributed by atoms with Crippen molar-refractivity contribution in [2.75, 3.05) is 0 Å². The summed E-state index contributed by atoms with van der Waals surface area (Å²) in [6.07, 6.45) is 2.26. The van der Waals surface area contributed by atoms with Gasteiger partial charge >= 0.3 is 0 Å². The monoisotopic (exact) mass is 216 g/mol. The summed E-state index contributed by atoms with van der Waals surface area (Å²) in [7, 11) is 0. The van der Waals surface area contributed by atoms with E-state index < -0.39 is 6.85 Å². The molecule has 0 radical (unpaired) electrons. The lowest BCUT2D eigenvalue weighted by Gasteiger charge is -2.07. The minimum atomic E-state index is -2.21. The molecule has 2 rings (SSSR count). The van der Waals surface area contributed by atoms with Crippen molar-refractivity contribution in [2.24, 2.45) is 0 Å². The molecule has 0 aliphatic carbocycles. The molecule has 1 aromatic heterocycles. The van der Waals surface area contributed by atoms with Crippen LogP contribution in [-0.4, -0.2) is 4.57 Å². The van der Waals surface area contributed by atoms with Crippen molar-refractivity contribution in [3.8, 4) is 5.69 Å². The van der Waals surface area contributed by atoms with Crippen LogP contribution in [0.3, 0.4) is 0 Å². The van der Waals surface area contributed by atoms with Gasteiger partial charge in [-0.25, -0.2) is 0 Å². The van der Waals surface area contributed by atoms with Gasteiger partial charge in [0.1, 0.15) is 0 Å². The molecule has 0 atom stereocenters. The molecule has 2 nitrogen and oxygen atoms in total. The van der Waals surface area contributed by atoms with Crippen molar-refractivity contribution >= 4 is 0 Å². The molecule has 1 aromatic carbocycles. The number of pyridine rings is 1. The zero-order valence-corrected chi connectivity index (χ0v) is 9.10. The normalized spacial score (nSPS) is 13.9. The second-order valence-corrected chi connectivity index (χ2v) is 3.65. The summed E-state index contributed by atoms with van der Waals surface area (Å²) < 4.78 is 23.6. The number of hydrogen-bond donors (Lipinski definition) is 0. The van der Waals surface area contributed by atoms with Crippen molar-refractivity contribution in [1.82, 2.24) is 4.57 Å². The predicted octanol–water partition coefficient (Wildman–Crippen LogP) is 2.71. The SMILES string of the molecule is [2H]C([2H])([2H])c1ccc(=O)n(-c2cccc(CC)c2)c1. The van der Waals surface area contributed by atoms with E-state index in [9.17, 15) is 4.79 Å². The average Bonchev–Trinajstić information content (AvgIpc) is 2.38. The highest BCUT2D eigenvalue weighted by Crippen LogP contribution is 2.09. The van der Waals surface area contributed by atoms with Gasteiger partial charge in [0.2, 0.25) is 0 Å². The van der Waals surface area contributed by atoms with E-state index in [1.807, 2.05) is 25.1 Å². The lowest BCUT2D eigenvalue weighted by molar-refractivity contribution is 0.969. The van der Waals surface area contributed by atoms with Crippen LogP contribution in [0.15, 0.2) is 47.4 Å². The molecule has 0 amide bonds. The maximum absolute atomic E-state index is 11.9. The van der Waals surface area contributed by atoms with Crippen molar-refractivity contribution in [2.45, 2.75) is 20.2 Å². The van der Waals surface area contributed by atoms with E-state index in [4.69, 9.17) is 4.11 Å². The lowest BCUT2D eigenvalue weighted by Crippen LogP contribution is -2.16. The maximum Gasteiger partial charge on any atom is 0.255 e. The Morgan fingerprint density at radius 3 is 2.94 bits per heavy atom. The van der Waals surface area contributed by atoms with Crippen LogP contribution in [0, 0.1) is 6.85 Å². The molecule has 0 unspecified atom stereocenters. The third-order valence-corrected chi connectivity index (χ3v) is 2.51. The van der Waals surface area contributed by atoms with Gasteiger partial charge in [0.25, 0.3) is 5.56 Å². The molecular formula is C14H15NO. The van der Waals surface area contributed by atoms with Crippen molar-refractivity contribution in [3.63, 3.8) is 0 Å². The fourth-order valence-corrected chi connectivity index (χ4v) is 1.62. The maximum atomic E-state index is 11.9. The van der Waals surface area contributed by atoms with Gasteiger partial charge in [0, 0.05) is 22.1 Å². The van der Waals surface area contributed by atoms with E-state index >= 15 is 0 Å². The molecule has 0 aliphatic heterocycles. The van der Waals surface area contributed by atoms with Crippen LogP contribution < -0.4 is 5.56 Å². The number of nitrogens with zero attached hydrogens (tertiary/aromatic N) is 1. The first-order chi connectivity index (χ1) is 8.91. The van der Waals surface area contributed by atoms with Crippen LogP contribution in [0.25, 0.3) is 5.69 Å². The van der Waals surface area contributed by atoms with Crippen LogP contribution >= 0.6 is 0 Å². The van der Waals surface area contributed by atoms with E-state index in [2.05, 4.69) is 0 Å². The van der Waals surface area contributed by atoms with Crippen LogP contribution in [0.1, 0.15) is 22.2 Å².